The summed E-state index contributed by atoms with van der Waals surface area (Å²) in [6.45, 7) is 4.02. The minimum Gasteiger partial charge on any atom is -0.495 e. The number of imide groups is 1. The number of hydrogen-bond donors (Lipinski definition) is 1. The van der Waals surface area contributed by atoms with E-state index < -0.39 is 5.91 Å². The van der Waals surface area contributed by atoms with Crippen LogP contribution in [0.25, 0.3) is 5.57 Å². The van der Waals surface area contributed by atoms with E-state index in [1.807, 2.05) is 79.7 Å². The van der Waals surface area contributed by atoms with Crippen LogP contribution < -0.4 is 15.0 Å². The molecule has 4 rings (SSSR count). The van der Waals surface area contributed by atoms with Gasteiger partial charge in [-0.25, -0.2) is 4.90 Å². The Morgan fingerprint density at radius 2 is 1.61 bits per heavy atom. The van der Waals surface area contributed by atoms with Crippen molar-refractivity contribution in [2.75, 3.05) is 17.3 Å². The SMILES string of the molecule is CCc1ccc(N2C(=O)C(Nc3cc(C)ccc3OC)=C(c3ccccc3)C2=O)cc1. The van der Waals surface area contributed by atoms with Crippen LogP contribution in [0, 0.1) is 6.92 Å². The Morgan fingerprint density at radius 1 is 0.903 bits per heavy atom. The van der Waals surface area contributed by atoms with E-state index in [1.165, 1.54) is 4.90 Å². The van der Waals surface area contributed by atoms with E-state index in [0.29, 0.717) is 28.3 Å². The summed E-state index contributed by atoms with van der Waals surface area (Å²) in [4.78, 5) is 28.2. The lowest BCUT2D eigenvalue weighted by molar-refractivity contribution is -0.120. The van der Waals surface area contributed by atoms with Gasteiger partial charge in [-0.2, -0.15) is 0 Å². The molecule has 0 aromatic heterocycles. The number of methoxy groups -OCH3 is 1. The number of aryl methyl sites for hydroxylation is 2. The van der Waals surface area contributed by atoms with Gasteiger partial charge >= 0.3 is 0 Å². The Hall–Kier alpha value is -3.86. The van der Waals surface area contributed by atoms with Crippen molar-refractivity contribution in [2.45, 2.75) is 20.3 Å². The Balaban J connectivity index is 1.82. The molecule has 0 saturated heterocycles. The minimum absolute atomic E-state index is 0.236. The number of benzene rings is 3. The summed E-state index contributed by atoms with van der Waals surface area (Å²) in [6.07, 6.45) is 0.885. The van der Waals surface area contributed by atoms with Gasteiger partial charge in [0.15, 0.2) is 0 Å². The second kappa shape index (κ2) is 8.48. The molecule has 0 fully saturated rings. The zero-order valence-corrected chi connectivity index (χ0v) is 17.8. The van der Waals surface area contributed by atoms with Gasteiger partial charge in [0.05, 0.1) is 24.1 Å². The first-order valence-corrected chi connectivity index (χ1v) is 10.2. The number of rotatable bonds is 6. The first-order chi connectivity index (χ1) is 15.0. The van der Waals surface area contributed by atoms with Crippen LogP contribution in [0.3, 0.4) is 0 Å². The van der Waals surface area contributed by atoms with E-state index in [-0.39, 0.29) is 11.6 Å². The fourth-order valence-electron chi connectivity index (χ4n) is 3.69. The maximum absolute atomic E-state index is 13.5. The summed E-state index contributed by atoms with van der Waals surface area (Å²) >= 11 is 0. The fourth-order valence-corrected chi connectivity index (χ4v) is 3.69. The number of ether oxygens (including phenoxy) is 1. The van der Waals surface area contributed by atoms with Crippen molar-refractivity contribution < 1.29 is 14.3 Å². The summed E-state index contributed by atoms with van der Waals surface area (Å²) in [6, 6.07) is 22.4. The third-order valence-corrected chi connectivity index (χ3v) is 5.36. The van der Waals surface area contributed by atoms with Gasteiger partial charge < -0.3 is 10.1 Å². The number of nitrogens with one attached hydrogen (secondary N) is 1. The van der Waals surface area contributed by atoms with Gasteiger partial charge in [-0.05, 0) is 54.3 Å². The van der Waals surface area contributed by atoms with Gasteiger partial charge in [0.2, 0.25) is 0 Å². The first kappa shape index (κ1) is 20.4. The van der Waals surface area contributed by atoms with Crippen molar-refractivity contribution in [2.24, 2.45) is 0 Å². The van der Waals surface area contributed by atoms with Crippen LogP contribution in [0.1, 0.15) is 23.6 Å². The molecule has 1 N–H and O–H groups in total. The molecule has 0 aliphatic carbocycles. The molecule has 0 saturated carbocycles. The normalized spacial score (nSPS) is 13.7. The van der Waals surface area contributed by atoms with E-state index >= 15 is 0 Å². The Morgan fingerprint density at radius 3 is 2.26 bits per heavy atom. The number of anilines is 2. The molecule has 0 spiro atoms. The predicted octanol–water partition coefficient (Wildman–Crippen LogP) is 4.96. The number of carbonyl (C=O) groups is 2. The van der Waals surface area contributed by atoms with Crippen LogP contribution >= 0.6 is 0 Å². The third kappa shape index (κ3) is 3.82. The van der Waals surface area contributed by atoms with Crippen molar-refractivity contribution >= 4 is 28.8 Å². The summed E-state index contributed by atoms with van der Waals surface area (Å²) in [7, 11) is 1.57. The molecule has 0 bridgehead atoms. The van der Waals surface area contributed by atoms with Crippen LogP contribution in [0.15, 0.2) is 78.5 Å². The number of nitrogens with zero attached hydrogens (tertiary/aromatic N) is 1. The van der Waals surface area contributed by atoms with Gasteiger partial charge in [-0.1, -0.05) is 55.5 Å². The minimum atomic E-state index is -0.392. The van der Waals surface area contributed by atoms with Crippen molar-refractivity contribution in [3.63, 3.8) is 0 Å². The van der Waals surface area contributed by atoms with Crippen molar-refractivity contribution in [3.8, 4) is 5.75 Å². The van der Waals surface area contributed by atoms with E-state index in [1.54, 1.807) is 7.11 Å². The van der Waals surface area contributed by atoms with E-state index in [0.717, 1.165) is 17.5 Å². The smallest absolute Gasteiger partial charge is 0.282 e. The molecule has 1 aliphatic heterocycles. The zero-order valence-electron chi connectivity index (χ0n) is 17.8. The highest BCUT2D eigenvalue weighted by Gasteiger charge is 2.40. The van der Waals surface area contributed by atoms with E-state index in [9.17, 15) is 9.59 Å². The van der Waals surface area contributed by atoms with Gasteiger partial charge in [-0.3, -0.25) is 9.59 Å². The lowest BCUT2D eigenvalue weighted by atomic mass is 10.0. The molecule has 3 aromatic rings. The second-order valence-corrected chi connectivity index (χ2v) is 7.41. The molecule has 0 unspecified atom stereocenters. The third-order valence-electron chi connectivity index (χ3n) is 5.36. The molecule has 0 atom stereocenters. The van der Waals surface area contributed by atoms with Crippen LogP contribution in [0.5, 0.6) is 5.75 Å². The van der Waals surface area contributed by atoms with Gasteiger partial charge in [0, 0.05) is 0 Å². The molecule has 2 amide bonds. The summed E-state index contributed by atoms with van der Waals surface area (Å²) in [5, 5.41) is 3.19. The van der Waals surface area contributed by atoms with Gasteiger partial charge in [0.25, 0.3) is 11.8 Å². The molecule has 0 radical (unpaired) electrons. The summed E-state index contributed by atoms with van der Waals surface area (Å²) in [5.74, 6) is -0.150. The zero-order chi connectivity index (χ0) is 22.0. The average Bonchev–Trinajstić information content (AvgIpc) is 3.04. The van der Waals surface area contributed by atoms with Gasteiger partial charge in [0.1, 0.15) is 11.4 Å². The standard InChI is InChI=1S/C26H24N2O3/c1-4-18-11-13-20(14-12-18)28-25(29)23(19-8-6-5-7-9-19)24(26(28)30)27-21-16-17(2)10-15-22(21)31-3/h5-16,27H,4H2,1-3H3. The largest absolute Gasteiger partial charge is 0.495 e. The molecule has 1 aliphatic rings. The molecular weight excluding hydrogens is 388 g/mol. The van der Waals surface area contributed by atoms with Crippen molar-refractivity contribution in [1.82, 2.24) is 0 Å². The predicted molar refractivity (Wildman–Crippen MR) is 123 cm³/mol. The molecule has 5 heteroatoms. The van der Waals surface area contributed by atoms with Crippen molar-refractivity contribution in [3.05, 3.63) is 95.2 Å². The molecule has 156 valence electrons. The molecule has 31 heavy (non-hydrogen) atoms. The lowest BCUT2D eigenvalue weighted by Gasteiger charge is -2.16. The topological polar surface area (TPSA) is 58.6 Å². The Labute approximate surface area is 182 Å². The molecule has 5 nitrogen and oxygen atoms in total. The molecule has 1 heterocycles. The Bertz CT molecular complexity index is 1170. The average molecular weight is 412 g/mol. The first-order valence-electron chi connectivity index (χ1n) is 10.2. The van der Waals surface area contributed by atoms with E-state index in [4.69, 9.17) is 4.74 Å². The Kier molecular flexibility index (Phi) is 5.58. The maximum Gasteiger partial charge on any atom is 0.282 e. The fraction of sp³-hybridized carbons (Fsp3) is 0.154. The highest BCUT2D eigenvalue weighted by atomic mass is 16.5. The lowest BCUT2D eigenvalue weighted by Crippen LogP contribution is -2.32. The van der Waals surface area contributed by atoms with Crippen LogP contribution in [0.2, 0.25) is 0 Å². The van der Waals surface area contributed by atoms with Crippen molar-refractivity contribution in [1.29, 1.82) is 0 Å². The van der Waals surface area contributed by atoms with E-state index in [2.05, 4.69) is 12.2 Å². The monoisotopic (exact) mass is 412 g/mol. The van der Waals surface area contributed by atoms with Crippen LogP contribution in [-0.4, -0.2) is 18.9 Å². The molecule has 3 aromatic carbocycles. The number of hydrogen-bond acceptors (Lipinski definition) is 4. The highest BCUT2D eigenvalue weighted by Crippen LogP contribution is 2.36. The summed E-state index contributed by atoms with van der Waals surface area (Å²) in [5.41, 5.74) is 4.59. The summed E-state index contributed by atoms with van der Waals surface area (Å²) < 4.78 is 5.46. The highest BCUT2D eigenvalue weighted by molar-refractivity contribution is 6.46. The van der Waals surface area contributed by atoms with Crippen LogP contribution in [0.4, 0.5) is 11.4 Å². The van der Waals surface area contributed by atoms with Gasteiger partial charge in [-0.15, -0.1) is 0 Å². The quantitative estimate of drug-likeness (QED) is 0.581. The molecular formula is C26H24N2O3. The number of carbonyl (C=O) groups excluding carboxylic acids is 2. The number of amides is 2. The van der Waals surface area contributed by atoms with Crippen LogP contribution in [-0.2, 0) is 16.0 Å². The maximum atomic E-state index is 13.5. The second-order valence-electron chi connectivity index (χ2n) is 7.41.